The zero-order valence-electron chi connectivity index (χ0n) is 6.48. The first-order chi connectivity index (χ1) is 5.79. The topological polar surface area (TPSA) is 12.0 Å². The van der Waals surface area contributed by atoms with Crippen molar-refractivity contribution in [2.45, 2.75) is 18.9 Å². The summed E-state index contributed by atoms with van der Waals surface area (Å²) in [7, 11) is 0. The van der Waals surface area contributed by atoms with Gasteiger partial charge < -0.3 is 0 Å². The zero-order valence-corrected chi connectivity index (χ0v) is 8.82. The predicted molar refractivity (Wildman–Crippen MR) is 54.3 cm³/mol. The maximum Gasteiger partial charge on any atom is 0.0301 e. The lowest BCUT2D eigenvalue weighted by molar-refractivity contribution is 0.665. The molecule has 0 fully saturated rings. The molecule has 0 radical (unpaired) electrons. The summed E-state index contributed by atoms with van der Waals surface area (Å²) in [6.07, 6.45) is 2.09. The quantitative estimate of drug-likeness (QED) is 0.751. The fourth-order valence-corrected chi connectivity index (χ4v) is 2.23. The molecular weight excluding hydrogens is 237 g/mol. The van der Waals surface area contributed by atoms with Crippen LogP contribution in [0.4, 0.5) is 0 Å². The van der Waals surface area contributed by atoms with Crippen LogP contribution in [-0.2, 0) is 12.8 Å². The Morgan fingerprint density at radius 1 is 1.33 bits per heavy atom. The van der Waals surface area contributed by atoms with E-state index < -0.39 is 0 Å². The molecule has 0 spiro atoms. The van der Waals surface area contributed by atoms with Crippen LogP contribution >= 0.6 is 27.7 Å². The highest BCUT2D eigenvalue weighted by molar-refractivity contribution is 9.10. The standard InChI is InChI=1S/C9H9BrClN/c10-8-2-1-6-4-9(12-11)5-7(6)3-8/h1-3,9,12H,4-5H2. The third-order valence-corrected chi connectivity index (χ3v) is 3.06. The average Bonchev–Trinajstić information content (AvgIpc) is 2.46. The molecule has 1 atom stereocenters. The molecule has 1 aliphatic carbocycles. The van der Waals surface area contributed by atoms with Crippen LogP contribution in [0.1, 0.15) is 11.1 Å². The second kappa shape index (κ2) is 3.36. The minimum atomic E-state index is 0.413. The summed E-state index contributed by atoms with van der Waals surface area (Å²) < 4.78 is 1.15. The van der Waals surface area contributed by atoms with E-state index in [0.29, 0.717) is 6.04 Å². The summed E-state index contributed by atoms with van der Waals surface area (Å²) in [5.41, 5.74) is 2.82. The summed E-state index contributed by atoms with van der Waals surface area (Å²) in [5.74, 6) is 0. The Hall–Kier alpha value is -0.0500. The van der Waals surface area contributed by atoms with Crippen LogP contribution in [0.2, 0.25) is 0 Å². The van der Waals surface area contributed by atoms with E-state index in [0.717, 1.165) is 17.3 Å². The number of rotatable bonds is 1. The average molecular weight is 247 g/mol. The molecule has 1 aromatic rings. The third kappa shape index (κ3) is 1.51. The summed E-state index contributed by atoms with van der Waals surface area (Å²) in [5, 5.41) is 0. The molecule has 1 N–H and O–H groups in total. The highest BCUT2D eigenvalue weighted by atomic mass is 79.9. The lowest BCUT2D eigenvalue weighted by Gasteiger charge is -2.01. The van der Waals surface area contributed by atoms with Gasteiger partial charge in [-0.05, 0) is 47.9 Å². The van der Waals surface area contributed by atoms with E-state index in [1.54, 1.807) is 0 Å². The number of hydrogen-bond acceptors (Lipinski definition) is 1. The van der Waals surface area contributed by atoms with E-state index in [2.05, 4.69) is 39.0 Å². The van der Waals surface area contributed by atoms with Gasteiger partial charge in [0, 0.05) is 10.5 Å². The number of halogens is 2. The molecule has 0 amide bonds. The Morgan fingerprint density at radius 2 is 2.08 bits per heavy atom. The molecule has 3 heteroatoms. The molecule has 0 saturated heterocycles. The fraction of sp³-hybridized carbons (Fsp3) is 0.333. The Kier molecular flexibility index (Phi) is 2.40. The van der Waals surface area contributed by atoms with Crippen molar-refractivity contribution >= 4 is 27.7 Å². The van der Waals surface area contributed by atoms with Crippen LogP contribution in [0.15, 0.2) is 22.7 Å². The van der Waals surface area contributed by atoms with Gasteiger partial charge in [-0.25, -0.2) is 4.84 Å². The maximum absolute atomic E-state index is 5.58. The Labute approximate surface area is 85.4 Å². The van der Waals surface area contributed by atoms with Crippen molar-refractivity contribution in [3.8, 4) is 0 Å². The van der Waals surface area contributed by atoms with Gasteiger partial charge in [-0.3, -0.25) is 0 Å². The van der Waals surface area contributed by atoms with Crippen LogP contribution in [0, 0.1) is 0 Å². The maximum atomic E-state index is 5.58. The lowest BCUT2D eigenvalue weighted by Crippen LogP contribution is -2.20. The van der Waals surface area contributed by atoms with Crippen LogP contribution in [-0.4, -0.2) is 6.04 Å². The van der Waals surface area contributed by atoms with E-state index in [9.17, 15) is 0 Å². The SMILES string of the molecule is ClNC1Cc2ccc(Br)cc2C1. The fourth-order valence-electron chi connectivity index (χ4n) is 1.66. The van der Waals surface area contributed by atoms with Crippen LogP contribution in [0.25, 0.3) is 0 Å². The molecule has 1 nitrogen and oxygen atoms in total. The first-order valence-corrected chi connectivity index (χ1v) is 5.10. The van der Waals surface area contributed by atoms with Crippen molar-refractivity contribution in [3.05, 3.63) is 33.8 Å². The summed E-state index contributed by atoms with van der Waals surface area (Å²) in [6.45, 7) is 0. The minimum absolute atomic E-state index is 0.413. The van der Waals surface area contributed by atoms with Crippen molar-refractivity contribution in [1.29, 1.82) is 0 Å². The number of hydrogen-bond donors (Lipinski definition) is 1. The Morgan fingerprint density at radius 3 is 2.83 bits per heavy atom. The van der Waals surface area contributed by atoms with E-state index in [1.165, 1.54) is 11.1 Å². The zero-order chi connectivity index (χ0) is 8.55. The van der Waals surface area contributed by atoms with E-state index >= 15 is 0 Å². The highest BCUT2D eigenvalue weighted by Gasteiger charge is 2.20. The van der Waals surface area contributed by atoms with Gasteiger partial charge in [-0.15, -0.1) is 0 Å². The molecule has 1 unspecified atom stereocenters. The van der Waals surface area contributed by atoms with Crippen LogP contribution < -0.4 is 4.84 Å². The summed E-state index contributed by atoms with van der Waals surface area (Å²) >= 11 is 9.03. The van der Waals surface area contributed by atoms with Gasteiger partial charge >= 0.3 is 0 Å². The van der Waals surface area contributed by atoms with Crippen LogP contribution in [0.3, 0.4) is 0 Å². The number of fused-ring (bicyclic) bond motifs is 1. The predicted octanol–water partition coefficient (Wildman–Crippen LogP) is 2.66. The Balaban J connectivity index is 2.30. The van der Waals surface area contributed by atoms with Crippen molar-refractivity contribution in [2.24, 2.45) is 0 Å². The number of benzene rings is 1. The van der Waals surface area contributed by atoms with E-state index in [4.69, 9.17) is 11.8 Å². The van der Waals surface area contributed by atoms with E-state index in [1.807, 2.05) is 0 Å². The first-order valence-electron chi connectivity index (χ1n) is 3.93. The minimum Gasteiger partial charge on any atom is -0.230 e. The second-order valence-electron chi connectivity index (χ2n) is 3.13. The van der Waals surface area contributed by atoms with Crippen molar-refractivity contribution in [3.63, 3.8) is 0 Å². The molecule has 2 rings (SSSR count). The summed E-state index contributed by atoms with van der Waals surface area (Å²) in [4.78, 5) is 2.79. The normalized spacial score (nSPS) is 21.0. The van der Waals surface area contributed by atoms with Gasteiger partial charge in [-0.2, -0.15) is 0 Å². The van der Waals surface area contributed by atoms with Gasteiger partial charge in [0.15, 0.2) is 0 Å². The largest absolute Gasteiger partial charge is 0.230 e. The molecule has 12 heavy (non-hydrogen) atoms. The highest BCUT2D eigenvalue weighted by Crippen LogP contribution is 2.25. The number of nitrogens with one attached hydrogen (secondary N) is 1. The van der Waals surface area contributed by atoms with Crippen molar-refractivity contribution < 1.29 is 0 Å². The van der Waals surface area contributed by atoms with Gasteiger partial charge in [0.2, 0.25) is 0 Å². The Bertz CT molecular complexity index is 301. The molecule has 1 aliphatic rings. The van der Waals surface area contributed by atoms with Crippen molar-refractivity contribution in [1.82, 2.24) is 4.84 Å². The molecule has 0 saturated carbocycles. The van der Waals surface area contributed by atoms with Crippen molar-refractivity contribution in [2.75, 3.05) is 0 Å². The molecule has 0 aromatic heterocycles. The molecule has 64 valence electrons. The molecule has 0 bridgehead atoms. The smallest absolute Gasteiger partial charge is 0.0301 e. The van der Waals surface area contributed by atoms with Crippen LogP contribution in [0.5, 0.6) is 0 Å². The molecule has 0 heterocycles. The summed E-state index contributed by atoms with van der Waals surface area (Å²) in [6, 6.07) is 6.82. The molecule has 1 aromatic carbocycles. The third-order valence-electron chi connectivity index (χ3n) is 2.26. The first kappa shape index (κ1) is 8.54. The molecular formula is C9H9BrClN. The van der Waals surface area contributed by atoms with Gasteiger partial charge in [-0.1, -0.05) is 22.0 Å². The van der Waals surface area contributed by atoms with Gasteiger partial charge in [0.1, 0.15) is 0 Å². The lowest BCUT2D eigenvalue weighted by atomic mass is 10.1. The monoisotopic (exact) mass is 245 g/mol. The second-order valence-corrected chi connectivity index (χ2v) is 4.26. The van der Waals surface area contributed by atoms with Gasteiger partial charge in [0.25, 0.3) is 0 Å². The molecule has 0 aliphatic heterocycles. The van der Waals surface area contributed by atoms with E-state index in [-0.39, 0.29) is 0 Å². The van der Waals surface area contributed by atoms with Gasteiger partial charge in [0.05, 0.1) is 0 Å².